The van der Waals surface area contributed by atoms with E-state index >= 15 is 0 Å². The van der Waals surface area contributed by atoms with Gasteiger partial charge in [0.05, 0.1) is 29.6 Å². The van der Waals surface area contributed by atoms with Crippen LogP contribution < -0.4 is 0 Å². The molecule has 2 aliphatic rings. The minimum Gasteiger partial charge on any atom is -0.481 e. The van der Waals surface area contributed by atoms with E-state index in [-0.39, 0.29) is 11.6 Å². The van der Waals surface area contributed by atoms with Crippen molar-refractivity contribution in [1.29, 1.82) is 0 Å². The van der Waals surface area contributed by atoms with Gasteiger partial charge >= 0.3 is 12.1 Å². The minimum absolute atomic E-state index is 0.207. The first-order chi connectivity index (χ1) is 12.2. The maximum atomic E-state index is 13.1. The summed E-state index contributed by atoms with van der Waals surface area (Å²) in [5.41, 5.74) is 0.881. The summed E-state index contributed by atoms with van der Waals surface area (Å²) in [6, 6.07) is 0.207. The Hall–Kier alpha value is -2.06. The highest BCUT2D eigenvalue weighted by atomic mass is 19.4. The molecule has 26 heavy (non-hydrogen) atoms. The molecule has 1 aromatic heterocycles. The monoisotopic (exact) mass is 373 g/mol. The molecule has 1 amide bonds. The van der Waals surface area contributed by atoms with Gasteiger partial charge in [0.15, 0.2) is 0 Å². The van der Waals surface area contributed by atoms with Crippen LogP contribution >= 0.6 is 0 Å². The maximum absolute atomic E-state index is 13.1. The zero-order valence-electron chi connectivity index (χ0n) is 14.5. The predicted octanol–water partition coefficient (Wildman–Crippen LogP) is 3.03. The van der Waals surface area contributed by atoms with Crippen molar-refractivity contribution in [2.45, 2.75) is 51.2 Å². The number of hydrogen-bond donors (Lipinski definition) is 1. The number of rotatable bonds is 3. The molecule has 2 fully saturated rings. The zero-order chi connectivity index (χ0) is 19.1. The van der Waals surface area contributed by atoms with Crippen LogP contribution in [0, 0.1) is 18.8 Å². The van der Waals surface area contributed by atoms with Crippen molar-refractivity contribution in [2.24, 2.45) is 11.8 Å². The molecule has 0 unspecified atom stereocenters. The lowest BCUT2D eigenvalue weighted by Gasteiger charge is -2.23. The average Bonchev–Trinajstić information content (AvgIpc) is 3.19. The molecule has 1 N–H and O–H groups in total. The Kier molecular flexibility index (Phi) is 4.98. The quantitative estimate of drug-likeness (QED) is 0.884. The van der Waals surface area contributed by atoms with Crippen LogP contribution in [-0.4, -0.2) is 50.9 Å². The second-order valence-electron chi connectivity index (χ2n) is 7.18. The highest BCUT2D eigenvalue weighted by Crippen LogP contribution is 2.38. The first kappa shape index (κ1) is 18.7. The van der Waals surface area contributed by atoms with E-state index in [4.69, 9.17) is 5.11 Å². The fourth-order valence-corrected chi connectivity index (χ4v) is 4.05. The second kappa shape index (κ2) is 6.92. The Morgan fingerprint density at radius 3 is 2.38 bits per heavy atom. The number of carboxylic acids is 1. The van der Waals surface area contributed by atoms with E-state index in [1.165, 1.54) is 12.6 Å². The first-order valence-corrected chi connectivity index (χ1v) is 8.83. The SMILES string of the molecule is Cc1c(C(=O)N2C[C@@H](C(F)(F)F)[C@H](C(=O)O)C2)cnn1C1CCCCC1. The summed E-state index contributed by atoms with van der Waals surface area (Å²) >= 11 is 0. The smallest absolute Gasteiger partial charge is 0.394 e. The van der Waals surface area contributed by atoms with Crippen molar-refractivity contribution in [1.82, 2.24) is 14.7 Å². The molecule has 2 heterocycles. The predicted molar refractivity (Wildman–Crippen MR) is 85.7 cm³/mol. The molecule has 2 atom stereocenters. The molecular formula is C17H22F3N3O3. The van der Waals surface area contributed by atoms with Gasteiger partial charge < -0.3 is 10.0 Å². The highest BCUT2D eigenvalue weighted by molar-refractivity contribution is 5.95. The Morgan fingerprint density at radius 2 is 1.85 bits per heavy atom. The number of hydrogen-bond acceptors (Lipinski definition) is 3. The number of carbonyl (C=O) groups is 2. The van der Waals surface area contributed by atoms with Gasteiger partial charge in [-0.05, 0) is 19.8 Å². The fourth-order valence-electron chi connectivity index (χ4n) is 4.05. The van der Waals surface area contributed by atoms with E-state index in [0.29, 0.717) is 5.69 Å². The third-order valence-corrected chi connectivity index (χ3v) is 5.54. The van der Waals surface area contributed by atoms with Crippen LogP contribution in [0.5, 0.6) is 0 Å². The Balaban J connectivity index is 1.79. The number of aliphatic carboxylic acids is 1. The van der Waals surface area contributed by atoms with Crippen molar-refractivity contribution < 1.29 is 27.9 Å². The minimum atomic E-state index is -4.65. The Labute approximate surface area is 149 Å². The molecule has 3 rings (SSSR count). The van der Waals surface area contributed by atoms with Crippen LogP contribution in [-0.2, 0) is 4.79 Å². The van der Waals surface area contributed by atoms with E-state index in [2.05, 4.69) is 5.10 Å². The van der Waals surface area contributed by atoms with Gasteiger partial charge in [-0.1, -0.05) is 19.3 Å². The third kappa shape index (κ3) is 3.43. The number of alkyl halides is 3. The van der Waals surface area contributed by atoms with Crippen LogP contribution in [0.15, 0.2) is 6.20 Å². The van der Waals surface area contributed by atoms with E-state index < -0.39 is 43.0 Å². The van der Waals surface area contributed by atoms with E-state index in [9.17, 15) is 22.8 Å². The summed E-state index contributed by atoms with van der Waals surface area (Å²) < 4.78 is 41.1. The molecule has 0 radical (unpaired) electrons. The largest absolute Gasteiger partial charge is 0.481 e. The number of carbonyl (C=O) groups excluding carboxylic acids is 1. The second-order valence-corrected chi connectivity index (χ2v) is 7.18. The van der Waals surface area contributed by atoms with Gasteiger partial charge in [0.25, 0.3) is 5.91 Å². The van der Waals surface area contributed by atoms with Crippen LogP contribution in [0.3, 0.4) is 0 Å². The molecule has 0 aromatic carbocycles. The van der Waals surface area contributed by atoms with Gasteiger partial charge in [-0.3, -0.25) is 14.3 Å². The number of amides is 1. The highest BCUT2D eigenvalue weighted by Gasteiger charge is 2.53. The first-order valence-electron chi connectivity index (χ1n) is 8.83. The number of nitrogens with zero attached hydrogens (tertiary/aromatic N) is 3. The molecule has 1 saturated carbocycles. The number of halogens is 3. The van der Waals surface area contributed by atoms with Crippen molar-refractivity contribution in [3.8, 4) is 0 Å². The van der Waals surface area contributed by atoms with Gasteiger partial charge in [0, 0.05) is 18.8 Å². The number of likely N-dealkylation sites (tertiary alicyclic amines) is 1. The molecule has 1 saturated heterocycles. The summed E-state index contributed by atoms with van der Waals surface area (Å²) in [7, 11) is 0. The van der Waals surface area contributed by atoms with Gasteiger partial charge in [-0.25, -0.2) is 0 Å². The molecule has 0 spiro atoms. The maximum Gasteiger partial charge on any atom is 0.394 e. The summed E-state index contributed by atoms with van der Waals surface area (Å²) in [6.07, 6.45) is 2.03. The molecule has 144 valence electrons. The molecule has 1 aliphatic heterocycles. The third-order valence-electron chi connectivity index (χ3n) is 5.54. The standard InChI is InChI=1S/C17H22F3N3O3/c1-10-12(7-21-23(10)11-5-3-2-4-6-11)15(24)22-8-13(16(25)26)14(9-22)17(18,19)20/h7,11,13-14H,2-6,8-9H2,1H3,(H,25,26)/t13-,14-/m1/s1. The van der Waals surface area contributed by atoms with Crippen LogP contribution in [0.4, 0.5) is 13.2 Å². The summed E-state index contributed by atoms with van der Waals surface area (Å²) in [5, 5.41) is 13.4. The summed E-state index contributed by atoms with van der Waals surface area (Å²) in [6.45, 7) is 0.667. The summed E-state index contributed by atoms with van der Waals surface area (Å²) in [5.74, 6) is -5.79. The lowest BCUT2D eigenvalue weighted by Crippen LogP contribution is -2.34. The van der Waals surface area contributed by atoms with Crippen molar-refractivity contribution >= 4 is 11.9 Å². The van der Waals surface area contributed by atoms with Gasteiger partial charge in [-0.2, -0.15) is 18.3 Å². The molecule has 9 heteroatoms. The van der Waals surface area contributed by atoms with Crippen LogP contribution in [0.1, 0.15) is 54.2 Å². The van der Waals surface area contributed by atoms with Gasteiger partial charge in [0.1, 0.15) is 0 Å². The lowest BCUT2D eigenvalue weighted by molar-refractivity contribution is -0.187. The van der Waals surface area contributed by atoms with Crippen LogP contribution in [0.25, 0.3) is 0 Å². The van der Waals surface area contributed by atoms with Gasteiger partial charge in [0.2, 0.25) is 0 Å². The lowest BCUT2D eigenvalue weighted by atomic mass is 9.95. The Morgan fingerprint density at radius 1 is 1.19 bits per heavy atom. The molecule has 1 aromatic rings. The molecular weight excluding hydrogens is 351 g/mol. The van der Waals surface area contributed by atoms with Gasteiger partial charge in [-0.15, -0.1) is 0 Å². The molecule has 0 bridgehead atoms. The topological polar surface area (TPSA) is 75.4 Å². The number of aromatic nitrogens is 2. The van der Waals surface area contributed by atoms with Crippen molar-refractivity contribution in [3.63, 3.8) is 0 Å². The van der Waals surface area contributed by atoms with Crippen molar-refractivity contribution in [3.05, 3.63) is 17.5 Å². The molecule has 6 nitrogen and oxygen atoms in total. The van der Waals surface area contributed by atoms with E-state index in [1.54, 1.807) is 11.6 Å². The van der Waals surface area contributed by atoms with E-state index in [0.717, 1.165) is 30.6 Å². The summed E-state index contributed by atoms with van der Waals surface area (Å²) in [4.78, 5) is 24.9. The zero-order valence-corrected chi connectivity index (χ0v) is 14.5. The molecule has 1 aliphatic carbocycles. The van der Waals surface area contributed by atoms with E-state index in [1.807, 2.05) is 0 Å². The van der Waals surface area contributed by atoms with Crippen LogP contribution in [0.2, 0.25) is 0 Å². The fraction of sp³-hybridized carbons (Fsp3) is 0.706. The average molecular weight is 373 g/mol. The Bertz CT molecular complexity index is 695. The van der Waals surface area contributed by atoms with Crippen molar-refractivity contribution in [2.75, 3.05) is 13.1 Å². The normalized spacial score (nSPS) is 24.8. The number of carboxylic acid groups (broad SMARTS) is 1.